The Hall–Kier alpha value is -1.47. The molecule has 0 bridgehead atoms. The highest BCUT2D eigenvalue weighted by atomic mass is 35.5. The number of benzene rings is 2. The van der Waals surface area contributed by atoms with Gasteiger partial charge in [-0.15, -0.1) is 0 Å². The summed E-state index contributed by atoms with van der Waals surface area (Å²) in [5.74, 6) is 0. The van der Waals surface area contributed by atoms with Gasteiger partial charge in [0.2, 0.25) is 0 Å². The van der Waals surface area contributed by atoms with Crippen LogP contribution in [0.25, 0.3) is 21.8 Å². The predicted molar refractivity (Wildman–Crippen MR) is 97.9 cm³/mol. The number of hydrogen-bond acceptors (Lipinski definition) is 0. The van der Waals surface area contributed by atoms with Gasteiger partial charge in [-0.2, -0.15) is 0 Å². The van der Waals surface area contributed by atoms with E-state index in [4.69, 9.17) is 11.6 Å². The Morgan fingerprint density at radius 3 is 2.59 bits per heavy atom. The van der Waals surface area contributed by atoms with Crippen LogP contribution in [0.5, 0.6) is 0 Å². The number of hydrogen-bond donors (Lipinski definition) is 1. The van der Waals surface area contributed by atoms with Gasteiger partial charge in [0.05, 0.1) is 10.5 Å². The van der Waals surface area contributed by atoms with Crippen LogP contribution in [0, 0.1) is 0 Å². The van der Waals surface area contributed by atoms with Crippen LogP contribution in [0.2, 0.25) is 5.02 Å². The molecule has 0 radical (unpaired) electrons. The molecule has 1 aromatic heterocycles. The van der Waals surface area contributed by atoms with Crippen molar-refractivity contribution in [2.24, 2.45) is 0 Å². The van der Waals surface area contributed by atoms with Crippen molar-refractivity contribution in [1.82, 2.24) is 4.98 Å². The lowest BCUT2D eigenvalue weighted by Gasteiger charge is -2.03. The molecule has 0 amide bonds. The Labute approximate surface area is 137 Å². The number of H-pyrrole nitrogens is 1. The standard InChI is InChI=1S/C20H24ClN/c1-2-3-4-5-6-7-9-15-12-13-19-17(14-15)16-10-8-11-18(21)20(16)22-19/h8,10-14,22H,2-7,9H2,1H3. The van der Waals surface area contributed by atoms with E-state index in [0.717, 1.165) is 10.5 Å². The molecule has 0 aliphatic rings. The van der Waals surface area contributed by atoms with Gasteiger partial charge < -0.3 is 4.98 Å². The second-order valence-electron chi connectivity index (χ2n) is 6.19. The number of aryl methyl sites for hydroxylation is 1. The fraction of sp³-hybridized carbons (Fsp3) is 0.400. The highest BCUT2D eigenvalue weighted by Gasteiger charge is 2.07. The van der Waals surface area contributed by atoms with E-state index in [-0.39, 0.29) is 0 Å². The van der Waals surface area contributed by atoms with Gasteiger partial charge in [-0.3, -0.25) is 0 Å². The third-order valence-corrected chi connectivity index (χ3v) is 4.78. The van der Waals surface area contributed by atoms with E-state index >= 15 is 0 Å². The lowest BCUT2D eigenvalue weighted by atomic mass is 10.0. The van der Waals surface area contributed by atoms with Crippen LogP contribution in [0.3, 0.4) is 0 Å². The summed E-state index contributed by atoms with van der Waals surface area (Å²) < 4.78 is 0. The topological polar surface area (TPSA) is 15.8 Å². The normalized spacial score (nSPS) is 11.5. The molecule has 1 N–H and O–H groups in total. The second-order valence-corrected chi connectivity index (χ2v) is 6.59. The number of fused-ring (bicyclic) bond motifs is 3. The molecule has 22 heavy (non-hydrogen) atoms. The Kier molecular flexibility index (Phi) is 5.04. The van der Waals surface area contributed by atoms with Crippen LogP contribution in [0.1, 0.15) is 51.0 Å². The molecule has 2 aromatic carbocycles. The van der Waals surface area contributed by atoms with Crippen LogP contribution in [0.15, 0.2) is 36.4 Å². The van der Waals surface area contributed by atoms with Gasteiger partial charge in [0.25, 0.3) is 0 Å². The number of aromatic nitrogens is 1. The van der Waals surface area contributed by atoms with E-state index in [1.165, 1.54) is 66.8 Å². The smallest absolute Gasteiger partial charge is 0.0654 e. The molecular weight excluding hydrogens is 290 g/mol. The molecule has 1 nitrogen and oxygen atoms in total. The molecule has 0 aliphatic carbocycles. The zero-order valence-electron chi connectivity index (χ0n) is 13.3. The van der Waals surface area contributed by atoms with Gasteiger partial charge in [-0.25, -0.2) is 0 Å². The first-order chi connectivity index (χ1) is 10.8. The minimum atomic E-state index is 0.797. The van der Waals surface area contributed by atoms with Gasteiger partial charge >= 0.3 is 0 Å². The van der Waals surface area contributed by atoms with Crippen molar-refractivity contribution in [3.05, 3.63) is 47.0 Å². The molecule has 0 saturated carbocycles. The minimum absolute atomic E-state index is 0.797. The van der Waals surface area contributed by atoms with E-state index < -0.39 is 0 Å². The van der Waals surface area contributed by atoms with Crippen LogP contribution in [-0.4, -0.2) is 4.98 Å². The summed E-state index contributed by atoms with van der Waals surface area (Å²) >= 11 is 6.28. The number of halogens is 1. The maximum atomic E-state index is 6.28. The number of aromatic amines is 1. The maximum Gasteiger partial charge on any atom is 0.0654 e. The third-order valence-electron chi connectivity index (χ3n) is 4.47. The SMILES string of the molecule is CCCCCCCCc1ccc2[nH]c3c(Cl)cccc3c2c1. The van der Waals surface area contributed by atoms with Crippen molar-refractivity contribution in [2.45, 2.75) is 51.9 Å². The lowest BCUT2D eigenvalue weighted by molar-refractivity contribution is 0.607. The summed E-state index contributed by atoms with van der Waals surface area (Å²) in [6.45, 7) is 2.27. The average Bonchev–Trinajstić information content (AvgIpc) is 2.90. The monoisotopic (exact) mass is 313 g/mol. The molecule has 2 heteroatoms. The van der Waals surface area contributed by atoms with Crippen LogP contribution in [0.4, 0.5) is 0 Å². The van der Waals surface area contributed by atoms with E-state index in [9.17, 15) is 0 Å². The molecule has 3 rings (SSSR count). The van der Waals surface area contributed by atoms with E-state index in [0.29, 0.717) is 0 Å². The summed E-state index contributed by atoms with van der Waals surface area (Å²) in [4.78, 5) is 3.43. The van der Waals surface area contributed by atoms with Crippen molar-refractivity contribution in [2.75, 3.05) is 0 Å². The average molecular weight is 314 g/mol. The minimum Gasteiger partial charge on any atom is -0.353 e. The fourth-order valence-corrected chi connectivity index (χ4v) is 3.42. The van der Waals surface area contributed by atoms with Crippen molar-refractivity contribution >= 4 is 33.4 Å². The number of para-hydroxylation sites is 1. The first-order valence-electron chi connectivity index (χ1n) is 8.48. The molecule has 0 saturated heterocycles. The second kappa shape index (κ2) is 7.19. The molecule has 116 valence electrons. The fourth-order valence-electron chi connectivity index (χ4n) is 3.20. The van der Waals surface area contributed by atoms with Gasteiger partial charge in [-0.05, 0) is 36.6 Å². The molecule has 0 unspecified atom stereocenters. The first-order valence-corrected chi connectivity index (χ1v) is 8.86. The Bertz CT molecular complexity index is 757. The van der Waals surface area contributed by atoms with Crippen molar-refractivity contribution < 1.29 is 0 Å². The molecular formula is C20H24ClN. The van der Waals surface area contributed by atoms with Crippen molar-refractivity contribution in [1.29, 1.82) is 0 Å². The zero-order chi connectivity index (χ0) is 15.4. The summed E-state index contributed by atoms with van der Waals surface area (Å²) in [5.41, 5.74) is 3.66. The Morgan fingerprint density at radius 1 is 0.909 bits per heavy atom. The first kappa shape index (κ1) is 15.4. The quantitative estimate of drug-likeness (QED) is 0.458. The van der Waals surface area contributed by atoms with E-state index in [2.05, 4.69) is 36.2 Å². The highest BCUT2D eigenvalue weighted by Crippen LogP contribution is 2.30. The maximum absolute atomic E-state index is 6.28. The van der Waals surface area contributed by atoms with Crippen molar-refractivity contribution in [3.8, 4) is 0 Å². The zero-order valence-corrected chi connectivity index (χ0v) is 14.0. The molecule has 0 atom stereocenters. The molecule has 0 spiro atoms. The number of unbranched alkanes of at least 4 members (excludes halogenated alkanes) is 5. The van der Waals surface area contributed by atoms with Crippen molar-refractivity contribution in [3.63, 3.8) is 0 Å². The van der Waals surface area contributed by atoms with E-state index in [1.54, 1.807) is 0 Å². The van der Waals surface area contributed by atoms with Crippen LogP contribution in [-0.2, 0) is 6.42 Å². The molecule has 1 heterocycles. The summed E-state index contributed by atoms with van der Waals surface area (Å²) in [6.07, 6.45) is 9.27. The highest BCUT2D eigenvalue weighted by molar-refractivity contribution is 6.36. The summed E-state index contributed by atoms with van der Waals surface area (Å²) in [6, 6.07) is 12.9. The summed E-state index contributed by atoms with van der Waals surface area (Å²) in [5, 5.41) is 3.32. The van der Waals surface area contributed by atoms with Crippen LogP contribution < -0.4 is 0 Å². The molecule has 0 fully saturated rings. The lowest BCUT2D eigenvalue weighted by Crippen LogP contribution is -1.86. The van der Waals surface area contributed by atoms with Gasteiger partial charge in [-0.1, -0.05) is 68.8 Å². The Morgan fingerprint density at radius 2 is 1.73 bits per heavy atom. The predicted octanol–water partition coefficient (Wildman–Crippen LogP) is 6.88. The van der Waals surface area contributed by atoms with Gasteiger partial charge in [0.1, 0.15) is 0 Å². The number of rotatable bonds is 7. The molecule has 3 aromatic rings. The third kappa shape index (κ3) is 3.30. The van der Waals surface area contributed by atoms with Gasteiger partial charge in [0.15, 0.2) is 0 Å². The summed E-state index contributed by atoms with van der Waals surface area (Å²) in [7, 11) is 0. The molecule has 0 aliphatic heterocycles. The Balaban J connectivity index is 1.72. The van der Waals surface area contributed by atoms with Gasteiger partial charge in [0, 0.05) is 16.3 Å². The number of nitrogens with one attached hydrogen (secondary N) is 1. The van der Waals surface area contributed by atoms with Crippen LogP contribution >= 0.6 is 11.6 Å². The largest absolute Gasteiger partial charge is 0.353 e. The van der Waals surface area contributed by atoms with E-state index in [1.807, 2.05) is 12.1 Å².